The Labute approximate surface area is 56.8 Å². The molecule has 0 heterocycles. The Morgan fingerprint density at radius 3 is 1.89 bits per heavy atom. The lowest BCUT2D eigenvalue weighted by Crippen LogP contribution is -2.00. The Morgan fingerprint density at radius 2 is 1.78 bits per heavy atom. The molecule has 0 fully saturated rings. The van der Waals surface area contributed by atoms with Gasteiger partial charge in [-0.1, -0.05) is 26.8 Å². The highest BCUT2D eigenvalue weighted by atomic mass is 16.1. The zero-order valence-corrected chi connectivity index (χ0v) is 6.56. The lowest BCUT2D eigenvalue weighted by molar-refractivity contribution is -0.104. The molecule has 0 amide bonds. The molecule has 0 radical (unpaired) electrons. The summed E-state index contributed by atoms with van der Waals surface area (Å²) in [5.74, 6) is 0. The Hall–Kier alpha value is -0.590. The third-order valence-electron chi connectivity index (χ3n) is 0.847. The second-order valence-corrected chi connectivity index (χ2v) is 3.37. The fourth-order valence-electron chi connectivity index (χ4n) is 0.717. The van der Waals surface area contributed by atoms with E-state index >= 15 is 0 Å². The van der Waals surface area contributed by atoms with E-state index in [9.17, 15) is 4.79 Å². The van der Waals surface area contributed by atoms with Gasteiger partial charge in [-0.15, -0.1) is 0 Å². The molecule has 0 aromatic rings. The van der Waals surface area contributed by atoms with E-state index in [0.717, 1.165) is 11.9 Å². The maximum absolute atomic E-state index is 10.1. The Balaban J connectivity index is 4.11. The summed E-state index contributed by atoms with van der Waals surface area (Å²) in [6.45, 7) is 8.03. The number of hydrogen-bond acceptors (Lipinski definition) is 1. The molecule has 0 spiro atoms. The Bertz CT molecular complexity index is 126. The largest absolute Gasteiger partial charge is 0.298 e. The van der Waals surface area contributed by atoms with Crippen molar-refractivity contribution in [1.82, 2.24) is 0 Å². The first kappa shape index (κ1) is 8.41. The van der Waals surface area contributed by atoms with E-state index in [2.05, 4.69) is 20.8 Å². The van der Waals surface area contributed by atoms with E-state index < -0.39 is 0 Å². The molecule has 0 aliphatic rings. The molecule has 0 aromatic heterocycles. The van der Waals surface area contributed by atoms with Crippen molar-refractivity contribution < 1.29 is 4.79 Å². The maximum atomic E-state index is 10.1. The second-order valence-electron chi connectivity index (χ2n) is 3.37. The van der Waals surface area contributed by atoms with Crippen LogP contribution in [0.4, 0.5) is 0 Å². The quantitative estimate of drug-likeness (QED) is 0.389. The number of allylic oxidation sites excluding steroid dienone is 2. The number of hydrogen-bond donors (Lipinski definition) is 0. The number of aldehydes is 1. The number of rotatable bonds is 1. The number of carbonyl (C=O) groups is 1. The van der Waals surface area contributed by atoms with E-state index in [4.69, 9.17) is 0 Å². The molecule has 0 atom stereocenters. The molecule has 52 valence electrons. The smallest absolute Gasteiger partial charge is 0.145 e. The Morgan fingerprint density at radius 1 is 1.33 bits per heavy atom. The summed E-state index contributed by atoms with van der Waals surface area (Å²) in [4.78, 5) is 10.1. The average molecular weight is 126 g/mol. The fraction of sp³-hybridized carbons (Fsp3) is 0.625. The molecule has 0 rings (SSSR count). The molecule has 0 aliphatic carbocycles. The standard InChI is InChI=1S/C8H14O/c1-7(6-9)5-8(2,3)4/h5-6H,1-4H3/b7-5-. The normalized spacial score (nSPS) is 13.6. The molecule has 9 heavy (non-hydrogen) atoms. The van der Waals surface area contributed by atoms with Crippen molar-refractivity contribution in [2.24, 2.45) is 5.41 Å². The third-order valence-corrected chi connectivity index (χ3v) is 0.847. The van der Waals surface area contributed by atoms with Gasteiger partial charge in [0.25, 0.3) is 0 Å². The average Bonchev–Trinajstić information content (AvgIpc) is 1.62. The van der Waals surface area contributed by atoms with Gasteiger partial charge < -0.3 is 0 Å². The van der Waals surface area contributed by atoms with Crippen LogP contribution in [0.3, 0.4) is 0 Å². The molecule has 0 aromatic carbocycles. The molecular weight excluding hydrogens is 112 g/mol. The van der Waals surface area contributed by atoms with Crippen LogP contribution >= 0.6 is 0 Å². The van der Waals surface area contributed by atoms with Gasteiger partial charge in [-0.2, -0.15) is 0 Å². The topological polar surface area (TPSA) is 17.1 Å². The predicted octanol–water partition coefficient (Wildman–Crippen LogP) is 2.18. The highest BCUT2D eigenvalue weighted by Gasteiger charge is 2.04. The molecule has 0 bridgehead atoms. The summed E-state index contributed by atoms with van der Waals surface area (Å²) >= 11 is 0. The SMILES string of the molecule is C/C(C=O)=C/C(C)(C)C. The minimum absolute atomic E-state index is 0.130. The summed E-state index contributed by atoms with van der Waals surface area (Å²) in [6, 6.07) is 0. The molecule has 1 nitrogen and oxygen atoms in total. The van der Waals surface area contributed by atoms with Crippen LogP contribution in [-0.2, 0) is 4.79 Å². The summed E-state index contributed by atoms with van der Waals surface area (Å²) in [6.07, 6.45) is 2.84. The van der Waals surface area contributed by atoms with Gasteiger partial charge in [-0.3, -0.25) is 4.79 Å². The highest BCUT2D eigenvalue weighted by molar-refractivity contribution is 5.72. The summed E-state index contributed by atoms with van der Waals surface area (Å²) in [5.41, 5.74) is 0.938. The molecule has 0 saturated carbocycles. The first-order chi connectivity index (χ1) is 3.95. The van der Waals surface area contributed by atoms with Crippen molar-refractivity contribution in [1.29, 1.82) is 0 Å². The van der Waals surface area contributed by atoms with Crippen LogP contribution in [-0.4, -0.2) is 6.29 Å². The van der Waals surface area contributed by atoms with Crippen molar-refractivity contribution >= 4 is 6.29 Å². The van der Waals surface area contributed by atoms with Crippen molar-refractivity contribution in [2.75, 3.05) is 0 Å². The van der Waals surface area contributed by atoms with E-state index in [0.29, 0.717) is 0 Å². The lowest BCUT2D eigenvalue weighted by atomic mass is 9.94. The van der Waals surface area contributed by atoms with Crippen LogP contribution in [0.2, 0.25) is 0 Å². The number of carbonyl (C=O) groups excluding carboxylic acids is 1. The molecule has 0 aliphatic heterocycles. The molecule has 0 saturated heterocycles. The Kier molecular flexibility index (Phi) is 2.63. The second kappa shape index (κ2) is 2.81. The van der Waals surface area contributed by atoms with Gasteiger partial charge in [0.15, 0.2) is 0 Å². The minimum Gasteiger partial charge on any atom is -0.298 e. The molecular formula is C8H14O. The zero-order chi connectivity index (χ0) is 7.49. The van der Waals surface area contributed by atoms with Gasteiger partial charge in [0.1, 0.15) is 6.29 Å². The van der Waals surface area contributed by atoms with Gasteiger partial charge in [0.05, 0.1) is 0 Å². The minimum atomic E-state index is 0.130. The van der Waals surface area contributed by atoms with Gasteiger partial charge in [-0.05, 0) is 17.9 Å². The molecule has 0 N–H and O–H groups in total. The van der Waals surface area contributed by atoms with Crippen LogP contribution in [0.15, 0.2) is 11.6 Å². The van der Waals surface area contributed by atoms with Gasteiger partial charge in [-0.25, -0.2) is 0 Å². The van der Waals surface area contributed by atoms with Gasteiger partial charge in [0.2, 0.25) is 0 Å². The van der Waals surface area contributed by atoms with E-state index in [1.165, 1.54) is 0 Å². The van der Waals surface area contributed by atoms with Crippen LogP contribution in [0.25, 0.3) is 0 Å². The van der Waals surface area contributed by atoms with E-state index in [1.807, 2.05) is 13.0 Å². The zero-order valence-electron chi connectivity index (χ0n) is 6.56. The lowest BCUT2D eigenvalue weighted by Gasteiger charge is -2.11. The summed E-state index contributed by atoms with van der Waals surface area (Å²) in [7, 11) is 0. The third kappa shape index (κ3) is 5.28. The summed E-state index contributed by atoms with van der Waals surface area (Å²) in [5, 5.41) is 0. The van der Waals surface area contributed by atoms with E-state index in [-0.39, 0.29) is 5.41 Å². The van der Waals surface area contributed by atoms with Crippen molar-refractivity contribution in [3.63, 3.8) is 0 Å². The van der Waals surface area contributed by atoms with Crippen LogP contribution in [0, 0.1) is 5.41 Å². The van der Waals surface area contributed by atoms with Crippen LogP contribution < -0.4 is 0 Å². The van der Waals surface area contributed by atoms with Crippen molar-refractivity contribution in [3.8, 4) is 0 Å². The van der Waals surface area contributed by atoms with Crippen molar-refractivity contribution in [3.05, 3.63) is 11.6 Å². The van der Waals surface area contributed by atoms with Crippen molar-refractivity contribution in [2.45, 2.75) is 27.7 Å². The van der Waals surface area contributed by atoms with Gasteiger partial charge >= 0.3 is 0 Å². The summed E-state index contributed by atoms with van der Waals surface area (Å²) < 4.78 is 0. The first-order valence-electron chi connectivity index (χ1n) is 3.10. The maximum Gasteiger partial charge on any atom is 0.145 e. The fourth-order valence-corrected chi connectivity index (χ4v) is 0.717. The van der Waals surface area contributed by atoms with E-state index in [1.54, 1.807) is 0 Å². The van der Waals surface area contributed by atoms with Crippen LogP contribution in [0.1, 0.15) is 27.7 Å². The predicted molar refractivity (Wildman–Crippen MR) is 39.3 cm³/mol. The first-order valence-corrected chi connectivity index (χ1v) is 3.10. The molecule has 1 heteroatoms. The van der Waals surface area contributed by atoms with Crippen LogP contribution in [0.5, 0.6) is 0 Å². The highest BCUT2D eigenvalue weighted by Crippen LogP contribution is 2.16. The van der Waals surface area contributed by atoms with Gasteiger partial charge in [0, 0.05) is 0 Å². The molecule has 0 unspecified atom stereocenters. The monoisotopic (exact) mass is 126 g/mol.